The molecule has 3 nitrogen and oxygen atoms in total. The fraction of sp³-hybridized carbons (Fsp3) is 1.00. The highest BCUT2D eigenvalue weighted by Gasteiger charge is 2.38. The predicted molar refractivity (Wildman–Crippen MR) is 68.8 cm³/mol. The highest BCUT2D eigenvalue weighted by atomic mass is 15.3. The number of likely N-dealkylation sites (tertiary alicyclic amines) is 1. The Hall–Kier alpha value is -0.120. The smallest absolute Gasteiger partial charge is 0.0232 e. The van der Waals surface area contributed by atoms with Crippen molar-refractivity contribution in [2.75, 3.05) is 53.4 Å². The van der Waals surface area contributed by atoms with Crippen LogP contribution in [-0.4, -0.2) is 73.6 Å². The number of rotatable bonds is 2. The zero-order valence-electron chi connectivity index (χ0n) is 11.2. The van der Waals surface area contributed by atoms with Crippen LogP contribution in [0.3, 0.4) is 0 Å². The van der Waals surface area contributed by atoms with Gasteiger partial charge in [0.05, 0.1) is 0 Å². The molecule has 0 aliphatic carbocycles. The molecule has 94 valence electrons. The summed E-state index contributed by atoms with van der Waals surface area (Å²) in [6, 6.07) is 0. The summed E-state index contributed by atoms with van der Waals surface area (Å²) in [5.74, 6) is 0. The van der Waals surface area contributed by atoms with E-state index in [1.165, 1.54) is 58.5 Å². The molecule has 0 radical (unpaired) electrons. The third-order valence-corrected chi connectivity index (χ3v) is 4.75. The monoisotopic (exact) mass is 225 g/mol. The van der Waals surface area contributed by atoms with E-state index in [1.54, 1.807) is 0 Å². The molecular weight excluding hydrogens is 198 g/mol. The second kappa shape index (κ2) is 5.03. The third-order valence-electron chi connectivity index (χ3n) is 4.75. The molecule has 2 saturated heterocycles. The van der Waals surface area contributed by atoms with Gasteiger partial charge < -0.3 is 9.80 Å². The van der Waals surface area contributed by atoms with Crippen LogP contribution in [0.2, 0.25) is 0 Å². The maximum atomic E-state index is 2.78. The summed E-state index contributed by atoms with van der Waals surface area (Å²) in [5.41, 5.74) is 0.522. The second-order valence-corrected chi connectivity index (χ2v) is 5.67. The molecule has 2 rings (SSSR count). The first-order valence-electron chi connectivity index (χ1n) is 6.78. The average molecular weight is 225 g/mol. The van der Waals surface area contributed by atoms with Gasteiger partial charge in [-0.05, 0) is 46.4 Å². The Morgan fingerprint density at radius 2 is 1.31 bits per heavy atom. The van der Waals surface area contributed by atoms with E-state index >= 15 is 0 Å². The Balaban J connectivity index is 1.98. The molecule has 0 saturated carbocycles. The van der Waals surface area contributed by atoms with Gasteiger partial charge in [0.25, 0.3) is 0 Å². The van der Waals surface area contributed by atoms with Gasteiger partial charge in [0.1, 0.15) is 0 Å². The van der Waals surface area contributed by atoms with Crippen molar-refractivity contribution in [3.05, 3.63) is 0 Å². The fourth-order valence-electron chi connectivity index (χ4n) is 3.21. The number of hydrogen-bond donors (Lipinski definition) is 0. The van der Waals surface area contributed by atoms with Crippen LogP contribution in [0.25, 0.3) is 0 Å². The van der Waals surface area contributed by atoms with E-state index in [0.717, 1.165) is 0 Å². The SMILES string of the molecule is CCC1(N2CCN(C)CC2)CCN(C)CC1. The molecule has 0 spiro atoms. The van der Waals surface area contributed by atoms with E-state index in [0.29, 0.717) is 5.54 Å². The molecule has 2 aliphatic heterocycles. The van der Waals surface area contributed by atoms with Crippen molar-refractivity contribution in [1.82, 2.24) is 14.7 Å². The van der Waals surface area contributed by atoms with E-state index in [2.05, 4.69) is 35.7 Å². The van der Waals surface area contributed by atoms with Crippen molar-refractivity contribution < 1.29 is 0 Å². The summed E-state index contributed by atoms with van der Waals surface area (Å²) in [4.78, 5) is 7.71. The number of piperazine rings is 1. The summed E-state index contributed by atoms with van der Waals surface area (Å²) < 4.78 is 0. The largest absolute Gasteiger partial charge is 0.306 e. The molecule has 16 heavy (non-hydrogen) atoms. The zero-order chi connectivity index (χ0) is 11.6. The van der Waals surface area contributed by atoms with Crippen LogP contribution in [-0.2, 0) is 0 Å². The van der Waals surface area contributed by atoms with Gasteiger partial charge in [-0.1, -0.05) is 6.92 Å². The van der Waals surface area contributed by atoms with Gasteiger partial charge in [-0.2, -0.15) is 0 Å². The van der Waals surface area contributed by atoms with E-state index in [9.17, 15) is 0 Å². The molecule has 0 bridgehead atoms. The lowest BCUT2D eigenvalue weighted by Gasteiger charge is -2.50. The predicted octanol–water partition coefficient (Wildman–Crippen LogP) is 1.11. The molecule has 3 heteroatoms. The number of piperidine rings is 1. The summed E-state index contributed by atoms with van der Waals surface area (Å²) in [5, 5.41) is 0. The Labute approximate surface area is 100 Å². The number of likely N-dealkylation sites (N-methyl/N-ethyl adjacent to an activating group) is 1. The standard InChI is InChI=1S/C13H27N3/c1-4-13(5-7-14(2)8-6-13)16-11-9-15(3)10-12-16/h4-12H2,1-3H3. The van der Waals surface area contributed by atoms with E-state index in [1.807, 2.05) is 0 Å². The van der Waals surface area contributed by atoms with Crippen molar-refractivity contribution >= 4 is 0 Å². The van der Waals surface area contributed by atoms with Crippen LogP contribution in [0.1, 0.15) is 26.2 Å². The van der Waals surface area contributed by atoms with Crippen LogP contribution in [0.4, 0.5) is 0 Å². The van der Waals surface area contributed by atoms with Gasteiger partial charge in [0, 0.05) is 31.7 Å². The third kappa shape index (κ3) is 2.41. The van der Waals surface area contributed by atoms with Gasteiger partial charge in [0.2, 0.25) is 0 Å². The Morgan fingerprint density at radius 3 is 1.81 bits per heavy atom. The lowest BCUT2D eigenvalue weighted by atomic mass is 9.83. The second-order valence-electron chi connectivity index (χ2n) is 5.67. The number of nitrogens with zero attached hydrogens (tertiary/aromatic N) is 3. The number of hydrogen-bond acceptors (Lipinski definition) is 3. The molecule has 0 aromatic carbocycles. The Morgan fingerprint density at radius 1 is 0.812 bits per heavy atom. The fourth-order valence-corrected chi connectivity index (χ4v) is 3.21. The molecular formula is C13H27N3. The minimum Gasteiger partial charge on any atom is -0.306 e. The molecule has 0 atom stereocenters. The molecule has 0 amide bonds. The highest BCUT2D eigenvalue weighted by Crippen LogP contribution is 2.32. The summed E-state index contributed by atoms with van der Waals surface area (Å²) in [6.07, 6.45) is 4.05. The first-order chi connectivity index (χ1) is 7.66. The maximum Gasteiger partial charge on any atom is 0.0232 e. The van der Waals surface area contributed by atoms with Crippen molar-refractivity contribution in [2.24, 2.45) is 0 Å². The quantitative estimate of drug-likeness (QED) is 0.697. The van der Waals surface area contributed by atoms with Gasteiger partial charge in [0.15, 0.2) is 0 Å². The van der Waals surface area contributed by atoms with Crippen molar-refractivity contribution in [2.45, 2.75) is 31.7 Å². The van der Waals surface area contributed by atoms with Gasteiger partial charge in [-0.25, -0.2) is 0 Å². The first-order valence-corrected chi connectivity index (χ1v) is 6.78. The topological polar surface area (TPSA) is 9.72 Å². The molecule has 0 aromatic heterocycles. The minimum absolute atomic E-state index is 0.522. The van der Waals surface area contributed by atoms with E-state index in [4.69, 9.17) is 0 Å². The Kier molecular flexibility index (Phi) is 3.88. The molecule has 0 aromatic rings. The zero-order valence-corrected chi connectivity index (χ0v) is 11.2. The summed E-state index contributed by atoms with van der Waals surface area (Å²) >= 11 is 0. The first kappa shape index (κ1) is 12.3. The van der Waals surface area contributed by atoms with Crippen LogP contribution in [0, 0.1) is 0 Å². The van der Waals surface area contributed by atoms with E-state index in [-0.39, 0.29) is 0 Å². The van der Waals surface area contributed by atoms with Gasteiger partial charge in [-0.15, -0.1) is 0 Å². The Bertz CT molecular complexity index is 213. The average Bonchev–Trinajstić information content (AvgIpc) is 2.32. The van der Waals surface area contributed by atoms with Gasteiger partial charge >= 0.3 is 0 Å². The summed E-state index contributed by atoms with van der Waals surface area (Å²) in [7, 11) is 4.49. The van der Waals surface area contributed by atoms with Crippen LogP contribution in [0.5, 0.6) is 0 Å². The van der Waals surface area contributed by atoms with Crippen LogP contribution >= 0.6 is 0 Å². The minimum atomic E-state index is 0.522. The maximum absolute atomic E-state index is 2.78. The highest BCUT2D eigenvalue weighted by molar-refractivity contribution is 4.95. The van der Waals surface area contributed by atoms with Crippen molar-refractivity contribution in [3.63, 3.8) is 0 Å². The van der Waals surface area contributed by atoms with Crippen LogP contribution in [0.15, 0.2) is 0 Å². The lowest BCUT2D eigenvalue weighted by Crippen LogP contribution is -2.59. The molecule has 2 heterocycles. The van der Waals surface area contributed by atoms with Crippen LogP contribution < -0.4 is 0 Å². The molecule has 2 fully saturated rings. The van der Waals surface area contributed by atoms with Crippen molar-refractivity contribution in [1.29, 1.82) is 0 Å². The molecule has 0 unspecified atom stereocenters. The van der Waals surface area contributed by atoms with E-state index < -0.39 is 0 Å². The van der Waals surface area contributed by atoms with Gasteiger partial charge in [-0.3, -0.25) is 4.90 Å². The normalized spacial score (nSPS) is 29.4. The lowest BCUT2D eigenvalue weighted by molar-refractivity contribution is -0.00429. The molecule has 2 aliphatic rings. The summed E-state index contributed by atoms with van der Waals surface area (Å²) in [6.45, 7) is 9.97. The molecule has 0 N–H and O–H groups in total. The van der Waals surface area contributed by atoms with Crippen molar-refractivity contribution in [3.8, 4) is 0 Å².